The van der Waals surface area contributed by atoms with Gasteiger partial charge >= 0.3 is 4.87 Å². The molecule has 7 atom stereocenters. The Hall–Kier alpha value is -4.02. The lowest BCUT2D eigenvalue weighted by Gasteiger charge is -2.43. The van der Waals surface area contributed by atoms with E-state index >= 15 is 0 Å². The normalized spacial score (nSPS) is 27.5. The molecule has 4 aromatic rings. The number of nitrogens with one attached hydrogen (secondary N) is 1. The topological polar surface area (TPSA) is 88.5 Å². The molecule has 0 spiro atoms. The molecule has 2 aliphatic heterocycles. The lowest BCUT2D eigenvalue weighted by atomic mass is 9.68. The van der Waals surface area contributed by atoms with Crippen molar-refractivity contribution in [3.8, 4) is 0 Å². The maximum absolute atomic E-state index is 14.0. The van der Waals surface area contributed by atoms with Crippen molar-refractivity contribution in [2.75, 3.05) is 10.2 Å². The van der Waals surface area contributed by atoms with Gasteiger partial charge in [-0.15, -0.1) is 11.8 Å². The molecule has 1 N–H and O–H groups in total. The Balaban J connectivity index is 1.19. The first-order valence-electron chi connectivity index (χ1n) is 16.0. The molecular formula is C37H34FN3O4S2. The number of para-hydroxylation sites is 1. The summed E-state index contributed by atoms with van der Waals surface area (Å²) in [6, 6.07) is 23.3. The van der Waals surface area contributed by atoms with E-state index in [2.05, 4.69) is 50.4 Å². The van der Waals surface area contributed by atoms with Crippen LogP contribution in [0, 0.1) is 35.4 Å². The smallest absolute Gasteiger partial charge is 0.308 e. The van der Waals surface area contributed by atoms with Gasteiger partial charge in [0, 0.05) is 21.7 Å². The van der Waals surface area contributed by atoms with Gasteiger partial charge < -0.3 is 5.32 Å². The highest BCUT2D eigenvalue weighted by molar-refractivity contribution is 8.00. The van der Waals surface area contributed by atoms with Gasteiger partial charge in [0.2, 0.25) is 17.7 Å². The predicted octanol–water partition coefficient (Wildman–Crippen LogP) is 6.66. The minimum Gasteiger partial charge on any atom is -0.325 e. The molecule has 3 amide bonds. The standard InChI is InChI=1S/C37H34FN3O4S2/c1-37(2,3)20-11-9-19(10-12-20)27-28-24-17-25(30-29(24)33(43)41(34(30)44)23-7-5-4-6-8-23)31(28)46-35-32(27)47-36(45)40(35)18-26(42)39-22-15-13-21(38)14-16-22/h4-16,24-25,27-31H,17-18H2,1-3H3,(H,39,42). The molecule has 0 radical (unpaired) electrons. The van der Waals surface area contributed by atoms with E-state index in [4.69, 9.17) is 0 Å². The number of carbonyl (C=O) groups excluding carboxylic acids is 3. The molecule has 2 aliphatic carbocycles. The molecular weight excluding hydrogens is 634 g/mol. The monoisotopic (exact) mass is 667 g/mol. The fourth-order valence-electron chi connectivity index (χ4n) is 8.53. The molecule has 1 aromatic heterocycles. The van der Waals surface area contributed by atoms with Crippen LogP contribution in [0.4, 0.5) is 15.8 Å². The second-order valence-electron chi connectivity index (χ2n) is 14.2. The molecule has 7 nitrogen and oxygen atoms in total. The van der Waals surface area contributed by atoms with Crippen LogP contribution in [-0.2, 0) is 26.3 Å². The number of fused-ring (bicyclic) bond motifs is 9. The Labute approximate surface area is 280 Å². The van der Waals surface area contributed by atoms with Crippen LogP contribution in [0.25, 0.3) is 0 Å². The molecule has 10 heteroatoms. The molecule has 7 unspecified atom stereocenters. The number of imide groups is 1. The van der Waals surface area contributed by atoms with Crippen LogP contribution in [0.15, 0.2) is 88.7 Å². The van der Waals surface area contributed by atoms with Crippen LogP contribution in [0.5, 0.6) is 0 Å². The Morgan fingerprint density at radius 2 is 1.55 bits per heavy atom. The zero-order valence-corrected chi connectivity index (χ0v) is 27.8. The highest BCUT2D eigenvalue weighted by Crippen LogP contribution is 2.69. The second kappa shape index (κ2) is 11.0. The van der Waals surface area contributed by atoms with Crippen LogP contribution >= 0.6 is 23.1 Å². The Kier molecular flexibility index (Phi) is 7.11. The summed E-state index contributed by atoms with van der Waals surface area (Å²) in [6.07, 6.45) is 0.790. The molecule has 3 aromatic carbocycles. The molecule has 47 heavy (non-hydrogen) atoms. The van der Waals surface area contributed by atoms with E-state index in [0.717, 1.165) is 21.9 Å². The lowest BCUT2D eigenvalue weighted by Crippen LogP contribution is -2.43. The molecule has 2 saturated carbocycles. The number of thiazole rings is 1. The molecule has 1 saturated heterocycles. The third-order valence-electron chi connectivity index (χ3n) is 10.5. The third kappa shape index (κ3) is 4.82. The van der Waals surface area contributed by atoms with Crippen molar-refractivity contribution in [3.63, 3.8) is 0 Å². The lowest BCUT2D eigenvalue weighted by molar-refractivity contribution is -0.123. The average Bonchev–Trinajstić information content (AvgIpc) is 3.77. The van der Waals surface area contributed by atoms with Crippen LogP contribution < -0.4 is 15.1 Å². The highest BCUT2D eigenvalue weighted by Gasteiger charge is 2.69. The summed E-state index contributed by atoms with van der Waals surface area (Å²) in [4.78, 5) is 56.9. The first-order chi connectivity index (χ1) is 22.5. The van der Waals surface area contributed by atoms with Crippen molar-refractivity contribution in [2.24, 2.45) is 29.6 Å². The summed E-state index contributed by atoms with van der Waals surface area (Å²) in [7, 11) is 0. The van der Waals surface area contributed by atoms with Gasteiger partial charge in [-0.2, -0.15) is 0 Å². The second-order valence-corrected chi connectivity index (χ2v) is 16.3. The van der Waals surface area contributed by atoms with E-state index in [9.17, 15) is 23.6 Å². The molecule has 4 aliphatic rings. The van der Waals surface area contributed by atoms with Crippen molar-refractivity contribution in [1.29, 1.82) is 0 Å². The first-order valence-corrected chi connectivity index (χ1v) is 17.7. The zero-order valence-electron chi connectivity index (χ0n) is 26.2. The fraction of sp³-hybridized carbons (Fsp3) is 0.351. The summed E-state index contributed by atoms with van der Waals surface area (Å²) in [5.74, 6) is -1.90. The van der Waals surface area contributed by atoms with E-state index in [1.807, 2.05) is 30.3 Å². The third-order valence-corrected chi connectivity index (χ3v) is 13.3. The molecule has 2 bridgehead atoms. The van der Waals surface area contributed by atoms with Gasteiger partial charge in [-0.1, -0.05) is 74.6 Å². The van der Waals surface area contributed by atoms with Gasteiger partial charge in [0.15, 0.2) is 0 Å². The van der Waals surface area contributed by atoms with Crippen molar-refractivity contribution in [2.45, 2.75) is 55.3 Å². The maximum Gasteiger partial charge on any atom is 0.308 e. The number of hydrogen-bond donors (Lipinski definition) is 1. The molecule has 240 valence electrons. The zero-order chi connectivity index (χ0) is 32.8. The van der Waals surface area contributed by atoms with Crippen LogP contribution in [0.1, 0.15) is 49.1 Å². The van der Waals surface area contributed by atoms with Gasteiger partial charge in [0.1, 0.15) is 12.4 Å². The van der Waals surface area contributed by atoms with Crippen LogP contribution in [0.3, 0.4) is 0 Å². The maximum atomic E-state index is 14.0. The minimum atomic E-state index is -0.402. The number of halogens is 1. The number of thioether (sulfide) groups is 1. The summed E-state index contributed by atoms with van der Waals surface area (Å²) < 4.78 is 15.0. The van der Waals surface area contributed by atoms with E-state index in [1.165, 1.54) is 46.1 Å². The summed E-state index contributed by atoms with van der Waals surface area (Å²) >= 11 is 2.78. The van der Waals surface area contributed by atoms with Gasteiger partial charge in [-0.3, -0.25) is 28.6 Å². The number of amides is 3. The number of rotatable bonds is 5. The quantitative estimate of drug-likeness (QED) is 0.241. The van der Waals surface area contributed by atoms with Gasteiger partial charge in [0.05, 0.1) is 22.5 Å². The first kappa shape index (κ1) is 30.3. The van der Waals surface area contributed by atoms with Gasteiger partial charge in [-0.05, 0) is 77.1 Å². The number of benzene rings is 3. The number of hydrogen-bond acceptors (Lipinski definition) is 6. The Morgan fingerprint density at radius 1 is 0.894 bits per heavy atom. The Morgan fingerprint density at radius 3 is 2.21 bits per heavy atom. The van der Waals surface area contributed by atoms with Crippen molar-refractivity contribution in [3.05, 3.63) is 110 Å². The summed E-state index contributed by atoms with van der Waals surface area (Å²) in [6.45, 7) is 6.34. The van der Waals surface area contributed by atoms with Gasteiger partial charge in [0.25, 0.3) is 0 Å². The van der Waals surface area contributed by atoms with E-state index in [-0.39, 0.29) is 69.4 Å². The number of aromatic nitrogens is 1. The molecule has 8 rings (SSSR count). The summed E-state index contributed by atoms with van der Waals surface area (Å²) in [5, 5.41) is 3.55. The van der Waals surface area contributed by atoms with Crippen molar-refractivity contribution in [1.82, 2.24) is 4.57 Å². The number of anilines is 2. The van der Waals surface area contributed by atoms with E-state index in [1.54, 1.807) is 16.3 Å². The largest absolute Gasteiger partial charge is 0.325 e. The van der Waals surface area contributed by atoms with Gasteiger partial charge in [-0.25, -0.2) is 4.39 Å². The number of carbonyl (C=O) groups is 3. The molecule has 3 heterocycles. The number of nitrogens with zero attached hydrogens (tertiary/aromatic N) is 2. The Bertz CT molecular complexity index is 1970. The van der Waals surface area contributed by atoms with Crippen LogP contribution in [0.2, 0.25) is 0 Å². The fourth-order valence-corrected chi connectivity index (χ4v) is 11.7. The van der Waals surface area contributed by atoms with Crippen molar-refractivity contribution >= 4 is 52.2 Å². The van der Waals surface area contributed by atoms with Crippen LogP contribution in [-0.4, -0.2) is 27.5 Å². The minimum absolute atomic E-state index is 0.000492. The SMILES string of the molecule is CC(C)(C)c1ccc(C2c3sc(=O)n(CC(=O)Nc4ccc(F)cc4)c3SC3C4CC(C5C(=O)N(c6ccccc6)C(=O)C45)C23)cc1. The van der Waals surface area contributed by atoms with E-state index in [0.29, 0.717) is 11.4 Å². The van der Waals surface area contributed by atoms with E-state index < -0.39 is 11.7 Å². The van der Waals surface area contributed by atoms with Crippen molar-refractivity contribution < 1.29 is 18.8 Å². The average molecular weight is 668 g/mol. The summed E-state index contributed by atoms with van der Waals surface area (Å²) in [5.41, 5.74) is 3.32. The molecule has 3 fully saturated rings. The predicted molar refractivity (Wildman–Crippen MR) is 181 cm³/mol. The highest BCUT2D eigenvalue weighted by atomic mass is 32.2.